The molecule has 0 N–H and O–H groups in total. The van der Waals surface area contributed by atoms with Crippen molar-refractivity contribution in [3.8, 4) is 0 Å². The molecule has 0 bridgehead atoms. The van der Waals surface area contributed by atoms with Gasteiger partial charge < -0.3 is 9.42 Å². The van der Waals surface area contributed by atoms with Crippen molar-refractivity contribution in [2.45, 2.75) is 26.2 Å². The van der Waals surface area contributed by atoms with Crippen molar-refractivity contribution in [3.63, 3.8) is 0 Å². The highest BCUT2D eigenvalue weighted by atomic mass is 16.5. The van der Waals surface area contributed by atoms with Gasteiger partial charge in [-0.25, -0.2) is 4.79 Å². The van der Waals surface area contributed by atoms with Gasteiger partial charge in [-0.3, -0.25) is 9.80 Å². The van der Waals surface area contributed by atoms with Gasteiger partial charge in [0.05, 0.1) is 13.3 Å². The highest BCUT2D eigenvalue weighted by molar-refractivity contribution is 5.91. The Labute approximate surface area is 107 Å². The molecule has 1 aliphatic rings. The van der Waals surface area contributed by atoms with Crippen LogP contribution in [0.25, 0.3) is 0 Å². The molecule has 2 amide bonds. The minimum atomic E-state index is -0.109. The summed E-state index contributed by atoms with van der Waals surface area (Å²) in [6.07, 6.45) is 0. The molecule has 6 nitrogen and oxygen atoms in total. The Morgan fingerprint density at radius 2 is 1.94 bits per heavy atom. The van der Waals surface area contributed by atoms with Gasteiger partial charge in [-0.1, -0.05) is 25.9 Å². The lowest BCUT2D eigenvalue weighted by molar-refractivity contribution is 0.148. The van der Waals surface area contributed by atoms with Crippen molar-refractivity contribution in [1.29, 1.82) is 0 Å². The zero-order valence-corrected chi connectivity index (χ0v) is 11.6. The summed E-state index contributed by atoms with van der Waals surface area (Å²) in [6, 6.07) is 1.78. The van der Waals surface area contributed by atoms with E-state index in [9.17, 15) is 4.79 Å². The second kappa shape index (κ2) is 4.28. The summed E-state index contributed by atoms with van der Waals surface area (Å²) in [4.78, 5) is 17.4. The smallest absolute Gasteiger partial charge is 0.327 e. The molecule has 0 aliphatic carbocycles. The lowest BCUT2D eigenvalue weighted by atomic mass is 9.93. The molecule has 0 saturated carbocycles. The van der Waals surface area contributed by atoms with E-state index < -0.39 is 0 Å². The molecule has 0 aromatic carbocycles. The van der Waals surface area contributed by atoms with Gasteiger partial charge in [0.2, 0.25) is 0 Å². The van der Waals surface area contributed by atoms with Crippen LogP contribution in [0, 0.1) is 0 Å². The van der Waals surface area contributed by atoms with E-state index >= 15 is 0 Å². The van der Waals surface area contributed by atoms with E-state index in [0.717, 1.165) is 5.76 Å². The maximum atomic E-state index is 12.1. The van der Waals surface area contributed by atoms with E-state index in [1.54, 1.807) is 16.8 Å². The molecular formula is C12H20N4O2. The quantitative estimate of drug-likeness (QED) is 0.763. The van der Waals surface area contributed by atoms with Crippen molar-refractivity contribution in [2.75, 3.05) is 32.3 Å². The van der Waals surface area contributed by atoms with Crippen molar-refractivity contribution < 1.29 is 9.32 Å². The van der Waals surface area contributed by atoms with E-state index in [1.807, 2.05) is 38.8 Å². The summed E-state index contributed by atoms with van der Waals surface area (Å²) >= 11 is 0. The molecule has 6 heteroatoms. The van der Waals surface area contributed by atoms with Gasteiger partial charge >= 0.3 is 6.03 Å². The van der Waals surface area contributed by atoms with Gasteiger partial charge in [-0.15, -0.1) is 0 Å². The Kier molecular flexibility index (Phi) is 3.06. The fourth-order valence-corrected chi connectivity index (χ4v) is 1.89. The van der Waals surface area contributed by atoms with Gasteiger partial charge in [0.25, 0.3) is 0 Å². The second-order valence-electron chi connectivity index (χ2n) is 5.85. The second-order valence-corrected chi connectivity index (χ2v) is 5.85. The number of aromatic nitrogens is 1. The number of anilines is 1. The number of hydrogen-bond acceptors (Lipinski definition) is 4. The molecule has 0 unspecified atom stereocenters. The largest absolute Gasteiger partial charge is 0.359 e. The van der Waals surface area contributed by atoms with E-state index in [4.69, 9.17) is 4.52 Å². The lowest BCUT2D eigenvalue weighted by Gasteiger charge is -2.37. The standard InChI is InChI=1S/C12H20N4O2/c1-12(2,3)9-6-10(13-18-9)16-8-14(4)7-15(5)11(16)17/h6H,7-8H2,1-5H3. The monoisotopic (exact) mass is 252 g/mol. The molecule has 1 aliphatic heterocycles. The summed E-state index contributed by atoms with van der Waals surface area (Å²) < 4.78 is 5.32. The first-order chi connectivity index (χ1) is 8.29. The molecule has 1 aromatic heterocycles. The summed E-state index contributed by atoms with van der Waals surface area (Å²) in [5, 5.41) is 4.00. The molecule has 0 spiro atoms. The number of carbonyl (C=O) groups is 1. The summed E-state index contributed by atoms with van der Waals surface area (Å²) in [5.74, 6) is 1.35. The van der Waals surface area contributed by atoms with E-state index in [2.05, 4.69) is 5.16 Å². The van der Waals surface area contributed by atoms with E-state index in [-0.39, 0.29) is 11.4 Å². The summed E-state index contributed by atoms with van der Waals surface area (Å²) in [5.41, 5.74) is -0.109. The maximum absolute atomic E-state index is 12.1. The van der Waals surface area contributed by atoms with E-state index in [0.29, 0.717) is 19.2 Å². The summed E-state index contributed by atoms with van der Waals surface area (Å²) in [7, 11) is 3.73. The minimum absolute atomic E-state index is 0.0538. The Morgan fingerprint density at radius 1 is 1.28 bits per heavy atom. The molecule has 0 atom stereocenters. The van der Waals surface area contributed by atoms with Crippen LogP contribution < -0.4 is 4.90 Å². The zero-order chi connectivity index (χ0) is 13.5. The Hall–Kier alpha value is -1.56. The molecule has 1 fully saturated rings. The first-order valence-electron chi connectivity index (χ1n) is 5.97. The van der Waals surface area contributed by atoms with Crippen LogP contribution in [0.2, 0.25) is 0 Å². The van der Waals surface area contributed by atoms with Crippen molar-refractivity contribution in [2.24, 2.45) is 0 Å². The average Bonchev–Trinajstić information content (AvgIpc) is 2.71. The number of urea groups is 1. The third kappa shape index (κ3) is 2.33. The van der Waals surface area contributed by atoms with Crippen LogP contribution in [0.4, 0.5) is 10.6 Å². The Balaban J connectivity index is 2.25. The lowest BCUT2D eigenvalue weighted by Crippen LogP contribution is -2.55. The average molecular weight is 252 g/mol. The normalized spacial score (nSPS) is 18.6. The molecular weight excluding hydrogens is 232 g/mol. The highest BCUT2D eigenvalue weighted by Crippen LogP contribution is 2.27. The molecule has 0 radical (unpaired) electrons. The fraction of sp³-hybridized carbons (Fsp3) is 0.667. The zero-order valence-electron chi connectivity index (χ0n) is 11.6. The molecule has 1 saturated heterocycles. The van der Waals surface area contributed by atoms with Gasteiger partial charge in [-0.2, -0.15) is 0 Å². The SMILES string of the molecule is CN1CN(C)C(=O)N(c2cc(C(C)(C)C)on2)C1. The van der Waals surface area contributed by atoms with Crippen molar-refractivity contribution >= 4 is 11.8 Å². The topological polar surface area (TPSA) is 52.8 Å². The minimum Gasteiger partial charge on any atom is -0.359 e. The van der Waals surface area contributed by atoms with Gasteiger partial charge in [0.15, 0.2) is 5.82 Å². The van der Waals surface area contributed by atoms with Crippen LogP contribution in [0.1, 0.15) is 26.5 Å². The summed E-state index contributed by atoms with van der Waals surface area (Å²) in [6.45, 7) is 7.30. The molecule has 100 valence electrons. The van der Waals surface area contributed by atoms with E-state index in [1.165, 1.54) is 0 Å². The first-order valence-corrected chi connectivity index (χ1v) is 5.97. The van der Waals surface area contributed by atoms with Crippen LogP contribution in [0.5, 0.6) is 0 Å². The van der Waals surface area contributed by atoms with Gasteiger partial charge in [0.1, 0.15) is 5.76 Å². The number of carbonyl (C=O) groups excluding carboxylic acids is 1. The third-order valence-electron chi connectivity index (χ3n) is 2.91. The number of hydrogen-bond donors (Lipinski definition) is 0. The highest BCUT2D eigenvalue weighted by Gasteiger charge is 2.30. The van der Waals surface area contributed by atoms with Crippen molar-refractivity contribution in [3.05, 3.63) is 11.8 Å². The van der Waals surface area contributed by atoms with Gasteiger partial charge in [0, 0.05) is 18.5 Å². The fourth-order valence-electron chi connectivity index (χ4n) is 1.89. The predicted molar refractivity (Wildman–Crippen MR) is 68.3 cm³/mol. The van der Waals surface area contributed by atoms with Gasteiger partial charge in [-0.05, 0) is 7.05 Å². The predicted octanol–water partition coefficient (Wildman–Crippen LogP) is 1.69. The van der Waals surface area contributed by atoms with Crippen LogP contribution in [-0.4, -0.2) is 48.4 Å². The number of rotatable bonds is 1. The Bertz CT molecular complexity index is 449. The van der Waals surface area contributed by atoms with Crippen LogP contribution in [-0.2, 0) is 5.41 Å². The van der Waals surface area contributed by atoms with Crippen molar-refractivity contribution in [1.82, 2.24) is 15.0 Å². The molecule has 1 aromatic rings. The van der Waals surface area contributed by atoms with Crippen LogP contribution in [0.15, 0.2) is 10.6 Å². The van der Waals surface area contributed by atoms with Crippen LogP contribution >= 0.6 is 0 Å². The third-order valence-corrected chi connectivity index (χ3v) is 2.91. The van der Waals surface area contributed by atoms with Crippen LogP contribution in [0.3, 0.4) is 0 Å². The molecule has 2 heterocycles. The number of amides is 2. The molecule has 2 rings (SSSR count). The first kappa shape index (κ1) is 12.9. The Morgan fingerprint density at radius 3 is 2.50 bits per heavy atom. The maximum Gasteiger partial charge on any atom is 0.327 e. The number of nitrogens with zero attached hydrogens (tertiary/aromatic N) is 4. The molecule has 18 heavy (non-hydrogen) atoms.